The zero-order valence-electron chi connectivity index (χ0n) is 18.3. The third-order valence-corrected chi connectivity index (χ3v) is 7.93. The summed E-state index contributed by atoms with van der Waals surface area (Å²) >= 11 is 0. The maximum Gasteiger partial charge on any atom is 0.240 e. The van der Waals surface area contributed by atoms with Crippen molar-refractivity contribution in [2.45, 2.75) is 52.1 Å². The molecule has 0 aliphatic rings. The first-order chi connectivity index (χ1) is 14.5. The maximum atomic E-state index is 10.8. The summed E-state index contributed by atoms with van der Waals surface area (Å²) in [4.78, 5) is 10.8. The molecule has 0 heterocycles. The fourth-order valence-electron chi connectivity index (χ4n) is 3.66. The van der Waals surface area contributed by atoms with E-state index in [4.69, 9.17) is 4.43 Å². The average molecular weight is 417 g/mol. The Balaban J connectivity index is 1.89. The van der Waals surface area contributed by atoms with Crippen molar-refractivity contribution < 1.29 is 9.22 Å². The van der Waals surface area contributed by atoms with Crippen molar-refractivity contribution in [3.05, 3.63) is 95.6 Å². The molecule has 0 aliphatic carbocycles. The number of carbonyl (C=O) groups excluding carboxylic acids is 1. The van der Waals surface area contributed by atoms with Gasteiger partial charge in [-0.05, 0) is 45.3 Å². The normalized spacial score (nSPS) is 11.6. The Kier molecular flexibility index (Phi) is 7.78. The van der Waals surface area contributed by atoms with E-state index in [-0.39, 0.29) is 5.41 Å². The molecule has 2 nitrogen and oxygen atoms in total. The summed E-state index contributed by atoms with van der Waals surface area (Å²) in [5.41, 5.74) is 3.94. The smallest absolute Gasteiger partial charge is 0.240 e. The minimum Gasteiger partial charge on any atom is -0.407 e. The van der Waals surface area contributed by atoms with E-state index < -0.39 is 9.04 Å². The quantitative estimate of drug-likeness (QED) is 0.290. The second-order valence-corrected chi connectivity index (χ2v) is 11.2. The molecule has 0 radical (unpaired) electrons. The Morgan fingerprint density at radius 3 is 1.97 bits per heavy atom. The molecule has 3 aromatic rings. The molecule has 0 spiro atoms. The molecule has 0 saturated heterocycles. The number of hydrogen-bond donors (Lipinski definition) is 0. The minimum absolute atomic E-state index is 0.0891. The van der Waals surface area contributed by atoms with Gasteiger partial charge in [0.25, 0.3) is 0 Å². The Bertz CT molecular complexity index is 891. The first-order valence-corrected chi connectivity index (χ1v) is 12.4. The van der Waals surface area contributed by atoms with Gasteiger partial charge in [0.05, 0.1) is 6.61 Å². The molecule has 0 atom stereocenters. The van der Waals surface area contributed by atoms with E-state index in [0.717, 1.165) is 19.1 Å². The largest absolute Gasteiger partial charge is 0.407 e. The van der Waals surface area contributed by atoms with Crippen molar-refractivity contribution in [2.75, 3.05) is 0 Å². The lowest BCUT2D eigenvalue weighted by atomic mass is 9.85. The molecular weight excluding hydrogens is 384 g/mol. The molecule has 0 amide bonds. The topological polar surface area (TPSA) is 26.3 Å². The maximum absolute atomic E-state index is 10.8. The van der Waals surface area contributed by atoms with Crippen molar-refractivity contribution in [2.24, 2.45) is 0 Å². The number of hydrogen-bond acceptors (Lipinski definition) is 2. The fraction of sp³-hybridized carbons (Fsp3) is 0.296. The van der Waals surface area contributed by atoms with E-state index in [1.54, 1.807) is 0 Å². The van der Waals surface area contributed by atoms with Crippen LogP contribution < -0.4 is 10.4 Å². The van der Waals surface area contributed by atoms with Gasteiger partial charge in [-0.25, -0.2) is 0 Å². The summed E-state index contributed by atoms with van der Waals surface area (Å²) in [5, 5.41) is 2.58. The first kappa shape index (κ1) is 22.2. The van der Waals surface area contributed by atoms with E-state index in [1.165, 1.54) is 27.1 Å². The zero-order chi connectivity index (χ0) is 21.4. The summed E-state index contributed by atoms with van der Waals surface area (Å²) in [5.74, 6) is 0. The lowest BCUT2D eigenvalue weighted by molar-refractivity contribution is -0.107. The third-order valence-electron chi connectivity index (χ3n) is 5.45. The van der Waals surface area contributed by atoms with E-state index in [1.807, 2.05) is 0 Å². The molecule has 30 heavy (non-hydrogen) atoms. The molecule has 0 unspecified atom stereocenters. The minimum atomic E-state index is -1.79. The van der Waals surface area contributed by atoms with Gasteiger partial charge >= 0.3 is 0 Å². The van der Waals surface area contributed by atoms with Gasteiger partial charge in [-0.3, -0.25) is 0 Å². The molecule has 0 aliphatic heterocycles. The standard InChI is InChI=1S/C27H32O2Si/c1-27(2,3)24-18-17-22(12-10-11-19-28)23(20-24)21-29-30(25-13-6-4-7-14-25)26-15-8-5-9-16-26/h4-9,13-20,30H,10-12,21H2,1-3H3. The molecule has 0 N–H and O–H groups in total. The SMILES string of the molecule is CC(C)(C)c1ccc(CCCC=O)c(CO[SiH](c2ccccc2)c2ccccc2)c1. The van der Waals surface area contributed by atoms with E-state index >= 15 is 0 Å². The molecule has 3 rings (SSSR count). The predicted octanol–water partition coefficient (Wildman–Crippen LogP) is 4.56. The zero-order valence-corrected chi connectivity index (χ0v) is 19.5. The summed E-state index contributed by atoms with van der Waals surface area (Å²) in [6.45, 7) is 7.32. The van der Waals surface area contributed by atoms with Crippen LogP contribution in [0, 0.1) is 0 Å². The van der Waals surface area contributed by atoms with Gasteiger partial charge in [0.2, 0.25) is 9.04 Å². The Hall–Kier alpha value is -2.49. The van der Waals surface area contributed by atoms with Crippen LogP contribution in [0.1, 0.15) is 50.3 Å². The summed E-state index contributed by atoms with van der Waals surface area (Å²) in [7, 11) is -1.79. The summed E-state index contributed by atoms with van der Waals surface area (Å²) in [6, 6.07) is 27.9. The van der Waals surface area contributed by atoms with Crippen LogP contribution in [0.3, 0.4) is 0 Å². The van der Waals surface area contributed by atoms with Gasteiger partial charge < -0.3 is 9.22 Å². The summed E-state index contributed by atoms with van der Waals surface area (Å²) in [6.07, 6.45) is 3.40. The Morgan fingerprint density at radius 2 is 1.43 bits per heavy atom. The van der Waals surface area contributed by atoms with Crippen LogP contribution >= 0.6 is 0 Å². The van der Waals surface area contributed by atoms with Gasteiger partial charge in [-0.15, -0.1) is 0 Å². The van der Waals surface area contributed by atoms with E-state index in [9.17, 15) is 4.79 Å². The van der Waals surface area contributed by atoms with E-state index in [0.29, 0.717) is 13.0 Å². The van der Waals surface area contributed by atoms with Crippen molar-refractivity contribution in [3.63, 3.8) is 0 Å². The molecule has 3 aromatic carbocycles. The van der Waals surface area contributed by atoms with Crippen molar-refractivity contribution >= 4 is 25.7 Å². The van der Waals surface area contributed by atoms with Crippen LogP contribution in [0.15, 0.2) is 78.9 Å². The van der Waals surface area contributed by atoms with Gasteiger partial charge in [-0.2, -0.15) is 0 Å². The molecule has 0 fully saturated rings. The monoisotopic (exact) mass is 416 g/mol. The highest BCUT2D eigenvalue weighted by Gasteiger charge is 2.20. The molecular formula is C27H32O2Si. The fourth-order valence-corrected chi connectivity index (χ4v) is 5.92. The number of benzene rings is 3. The number of carbonyl (C=O) groups is 1. The van der Waals surface area contributed by atoms with Crippen LogP contribution in [0.2, 0.25) is 0 Å². The van der Waals surface area contributed by atoms with E-state index in [2.05, 4.69) is 99.6 Å². The van der Waals surface area contributed by atoms with Crippen LogP contribution in [-0.4, -0.2) is 15.3 Å². The number of unbranched alkanes of at least 4 members (excludes halogenated alkanes) is 1. The van der Waals surface area contributed by atoms with Gasteiger partial charge in [-0.1, -0.05) is 99.6 Å². The Morgan fingerprint density at radius 1 is 0.833 bits per heavy atom. The highest BCUT2D eigenvalue weighted by Crippen LogP contribution is 2.26. The lowest BCUT2D eigenvalue weighted by Crippen LogP contribution is -2.44. The van der Waals surface area contributed by atoms with Crippen LogP contribution in [0.4, 0.5) is 0 Å². The van der Waals surface area contributed by atoms with Crippen LogP contribution in [-0.2, 0) is 27.7 Å². The van der Waals surface area contributed by atoms with Crippen LogP contribution in [0.5, 0.6) is 0 Å². The molecule has 0 aromatic heterocycles. The third kappa shape index (κ3) is 6.01. The number of aldehydes is 1. The van der Waals surface area contributed by atoms with Crippen LogP contribution in [0.25, 0.3) is 0 Å². The number of rotatable bonds is 9. The average Bonchev–Trinajstić information content (AvgIpc) is 2.75. The first-order valence-electron chi connectivity index (χ1n) is 10.8. The molecule has 156 valence electrons. The van der Waals surface area contributed by atoms with Gasteiger partial charge in [0, 0.05) is 6.42 Å². The summed E-state index contributed by atoms with van der Waals surface area (Å²) < 4.78 is 6.68. The van der Waals surface area contributed by atoms with Crippen molar-refractivity contribution in [1.82, 2.24) is 0 Å². The second kappa shape index (κ2) is 10.5. The van der Waals surface area contributed by atoms with Crippen molar-refractivity contribution in [1.29, 1.82) is 0 Å². The van der Waals surface area contributed by atoms with Gasteiger partial charge in [0.1, 0.15) is 6.29 Å². The highest BCUT2D eigenvalue weighted by molar-refractivity contribution is 6.80. The van der Waals surface area contributed by atoms with Crippen molar-refractivity contribution in [3.8, 4) is 0 Å². The number of aryl methyl sites for hydroxylation is 1. The molecule has 3 heteroatoms. The lowest BCUT2D eigenvalue weighted by Gasteiger charge is -2.23. The molecule has 0 saturated carbocycles. The molecule has 0 bridgehead atoms. The second-order valence-electron chi connectivity index (χ2n) is 8.80. The predicted molar refractivity (Wildman–Crippen MR) is 128 cm³/mol. The van der Waals surface area contributed by atoms with Gasteiger partial charge in [0.15, 0.2) is 0 Å². The highest BCUT2D eigenvalue weighted by atomic mass is 28.3. The Labute approximate surface area is 182 Å².